The fourth-order valence-electron chi connectivity index (χ4n) is 1.27. The quantitative estimate of drug-likeness (QED) is 0.749. The molecule has 0 bridgehead atoms. The van der Waals surface area contributed by atoms with Crippen molar-refractivity contribution in [2.45, 2.75) is 26.4 Å². The van der Waals surface area contributed by atoms with Gasteiger partial charge in [0.1, 0.15) is 0 Å². The van der Waals surface area contributed by atoms with Gasteiger partial charge in [-0.15, -0.1) is 0 Å². The molecule has 0 aliphatic rings. The van der Waals surface area contributed by atoms with Gasteiger partial charge in [-0.05, 0) is 43.5 Å². The number of aryl methyl sites for hydroxylation is 1. The Kier molecular flexibility index (Phi) is 3.12. The molecule has 0 heterocycles. The van der Waals surface area contributed by atoms with E-state index >= 15 is 0 Å². The highest BCUT2D eigenvalue weighted by atomic mass is 35.5. The SMILES string of the molecule is Cc1cc(Cl)cc(CC(C)O)c1. The first-order chi connectivity index (χ1) is 5.58. The van der Waals surface area contributed by atoms with E-state index in [0.717, 1.165) is 16.1 Å². The van der Waals surface area contributed by atoms with Gasteiger partial charge in [0.05, 0.1) is 6.10 Å². The molecule has 0 radical (unpaired) electrons. The van der Waals surface area contributed by atoms with Crippen LogP contribution >= 0.6 is 11.6 Å². The Hall–Kier alpha value is -0.530. The van der Waals surface area contributed by atoms with E-state index in [2.05, 4.69) is 0 Å². The zero-order chi connectivity index (χ0) is 9.14. The van der Waals surface area contributed by atoms with E-state index in [1.807, 2.05) is 25.1 Å². The Bertz CT molecular complexity index is 248. The molecular formula is C10H13ClO. The Morgan fingerprint density at radius 2 is 2.08 bits per heavy atom. The summed E-state index contributed by atoms with van der Waals surface area (Å²) < 4.78 is 0. The van der Waals surface area contributed by atoms with E-state index in [4.69, 9.17) is 16.7 Å². The Morgan fingerprint density at radius 3 is 2.58 bits per heavy atom. The zero-order valence-electron chi connectivity index (χ0n) is 7.34. The molecule has 1 aromatic rings. The lowest BCUT2D eigenvalue weighted by atomic mass is 10.1. The molecule has 1 rings (SSSR count). The first-order valence-electron chi connectivity index (χ1n) is 4.02. The van der Waals surface area contributed by atoms with Gasteiger partial charge >= 0.3 is 0 Å². The van der Waals surface area contributed by atoms with E-state index < -0.39 is 0 Å². The molecule has 1 unspecified atom stereocenters. The molecule has 0 aliphatic carbocycles. The summed E-state index contributed by atoms with van der Waals surface area (Å²) in [4.78, 5) is 0. The van der Waals surface area contributed by atoms with Crippen LogP contribution in [0.5, 0.6) is 0 Å². The minimum Gasteiger partial charge on any atom is -0.393 e. The molecule has 1 nitrogen and oxygen atoms in total. The third-order valence-electron chi connectivity index (χ3n) is 1.63. The number of halogens is 1. The minimum atomic E-state index is -0.303. The summed E-state index contributed by atoms with van der Waals surface area (Å²) in [5.74, 6) is 0. The smallest absolute Gasteiger partial charge is 0.0552 e. The predicted octanol–water partition coefficient (Wildman–Crippen LogP) is 2.57. The normalized spacial score (nSPS) is 13.0. The maximum atomic E-state index is 9.14. The maximum absolute atomic E-state index is 9.14. The van der Waals surface area contributed by atoms with Crippen LogP contribution in [0.3, 0.4) is 0 Å². The van der Waals surface area contributed by atoms with Gasteiger partial charge in [-0.3, -0.25) is 0 Å². The molecule has 1 atom stereocenters. The molecule has 0 saturated carbocycles. The van der Waals surface area contributed by atoms with Crippen LogP contribution in [0.2, 0.25) is 5.02 Å². The fourth-order valence-corrected chi connectivity index (χ4v) is 1.58. The van der Waals surface area contributed by atoms with Crippen molar-refractivity contribution >= 4 is 11.6 Å². The number of hydrogen-bond donors (Lipinski definition) is 1. The monoisotopic (exact) mass is 184 g/mol. The predicted molar refractivity (Wildman–Crippen MR) is 51.6 cm³/mol. The number of hydrogen-bond acceptors (Lipinski definition) is 1. The maximum Gasteiger partial charge on any atom is 0.0552 e. The molecule has 1 aromatic carbocycles. The fraction of sp³-hybridized carbons (Fsp3) is 0.400. The minimum absolute atomic E-state index is 0.303. The average molecular weight is 185 g/mol. The van der Waals surface area contributed by atoms with Crippen LogP contribution in [0, 0.1) is 6.92 Å². The highest BCUT2D eigenvalue weighted by molar-refractivity contribution is 6.30. The van der Waals surface area contributed by atoms with E-state index in [9.17, 15) is 0 Å². The molecule has 66 valence electrons. The second-order valence-corrected chi connectivity index (χ2v) is 3.63. The third-order valence-corrected chi connectivity index (χ3v) is 1.85. The summed E-state index contributed by atoms with van der Waals surface area (Å²) in [5, 5.41) is 9.89. The van der Waals surface area contributed by atoms with Crippen LogP contribution in [0.15, 0.2) is 18.2 Å². The molecule has 0 fully saturated rings. The highest BCUT2D eigenvalue weighted by Crippen LogP contribution is 2.15. The average Bonchev–Trinajstić information content (AvgIpc) is 1.81. The largest absolute Gasteiger partial charge is 0.393 e. The lowest BCUT2D eigenvalue weighted by Crippen LogP contribution is -2.04. The number of benzene rings is 1. The van der Waals surface area contributed by atoms with E-state index in [0.29, 0.717) is 6.42 Å². The summed E-state index contributed by atoms with van der Waals surface area (Å²) in [5.41, 5.74) is 2.23. The number of aliphatic hydroxyl groups excluding tert-OH is 1. The molecular weight excluding hydrogens is 172 g/mol. The third kappa shape index (κ3) is 2.84. The lowest BCUT2D eigenvalue weighted by Gasteiger charge is -2.05. The summed E-state index contributed by atoms with van der Waals surface area (Å²) >= 11 is 5.85. The summed E-state index contributed by atoms with van der Waals surface area (Å²) in [6.07, 6.45) is 0.365. The first kappa shape index (κ1) is 9.56. The molecule has 0 spiro atoms. The Labute approximate surface area is 78.0 Å². The van der Waals surface area contributed by atoms with Crippen LogP contribution < -0.4 is 0 Å². The highest BCUT2D eigenvalue weighted by Gasteiger charge is 2.00. The number of rotatable bonds is 2. The summed E-state index contributed by atoms with van der Waals surface area (Å²) in [6.45, 7) is 3.77. The van der Waals surface area contributed by atoms with Gasteiger partial charge in [-0.2, -0.15) is 0 Å². The van der Waals surface area contributed by atoms with Crippen LogP contribution in [0.4, 0.5) is 0 Å². The van der Waals surface area contributed by atoms with Crippen LogP contribution in [-0.2, 0) is 6.42 Å². The first-order valence-corrected chi connectivity index (χ1v) is 4.40. The van der Waals surface area contributed by atoms with Crippen molar-refractivity contribution in [2.24, 2.45) is 0 Å². The van der Waals surface area contributed by atoms with Gasteiger partial charge in [-0.1, -0.05) is 17.7 Å². The molecule has 1 N–H and O–H groups in total. The molecule has 2 heteroatoms. The molecule has 0 aromatic heterocycles. The van der Waals surface area contributed by atoms with Crippen LogP contribution in [0.1, 0.15) is 18.1 Å². The van der Waals surface area contributed by atoms with Crippen molar-refractivity contribution in [2.75, 3.05) is 0 Å². The Morgan fingerprint density at radius 1 is 1.42 bits per heavy atom. The van der Waals surface area contributed by atoms with Gasteiger partial charge in [0.2, 0.25) is 0 Å². The second-order valence-electron chi connectivity index (χ2n) is 3.19. The van der Waals surface area contributed by atoms with E-state index in [1.165, 1.54) is 0 Å². The van der Waals surface area contributed by atoms with Gasteiger partial charge < -0.3 is 5.11 Å². The second kappa shape index (κ2) is 3.92. The number of aliphatic hydroxyl groups is 1. The van der Waals surface area contributed by atoms with Crippen molar-refractivity contribution < 1.29 is 5.11 Å². The van der Waals surface area contributed by atoms with Crippen LogP contribution in [0.25, 0.3) is 0 Å². The van der Waals surface area contributed by atoms with Crippen molar-refractivity contribution in [1.29, 1.82) is 0 Å². The Balaban J connectivity index is 2.85. The lowest BCUT2D eigenvalue weighted by molar-refractivity contribution is 0.195. The topological polar surface area (TPSA) is 20.2 Å². The standard InChI is InChI=1S/C10H13ClO/c1-7-3-9(5-8(2)12)6-10(11)4-7/h3-4,6,8,12H,5H2,1-2H3. The van der Waals surface area contributed by atoms with Crippen LogP contribution in [-0.4, -0.2) is 11.2 Å². The molecule has 0 aliphatic heterocycles. The summed E-state index contributed by atoms with van der Waals surface area (Å²) in [6, 6.07) is 5.84. The molecule has 0 amide bonds. The van der Waals surface area contributed by atoms with E-state index in [1.54, 1.807) is 6.92 Å². The van der Waals surface area contributed by atoms with Gasteiger partial charge in [0, 0.05) is 5.02 Å². The molecule has 0 saturated heterocycles. The van der Waals surface area contributed by atoms with Crippen molar-refractivity contribution in [3.8, 4) is 0 Å². The van der Waals surface area contributed by atoms with Gasteiger partial charge in [-0.25, -0.2) is 0 Å². The summed E-state index contributed by atoms with van der Waals surface area (Å²) in [7, 11) is 0. The van der Waals surface area contributed by atoms with Crippen molar-refractivity contribution in [3.05, 3.63) is 34.3 Å². The zero-order valence-corrected chi connectivity index (χ0v) is 8.10. The van der Waals surface area contributed by atoms with Gasteiger partial charge in [0.25, 0.3) is 0 Å². The van der Waals surface area contributed by atoms with Gasteiger partial charge in [0.15, 0.2) is 0 Å². The van der Waals surface area contributed by atoms with E-state index in [-0.39, 0.29) is 6.10 Å². The molecule has 12 heavy (non-hydrogen) atoms. The van der Waals surface area contributed by atoms with Crippen molar-refractivity contribution in [1.82, 2.24) is 0 Å². The van der Waals surface area contributed by atoms with Crippen molar-refractivity contribution in [3.63, 3.8) is 0 Å².